The number of aliphatic carboxylic acids is 1. The molecule has 0 aliphatic heterocycles. The van der Waals surface area contributed by atoms with Crippen LogP contribution in [0.1, 0.15) is 20.1 Å². The van der Waals surface area contributed by atoms with E-state index in [-0.39, 0.29) is 12.3 Å². The van der Waals surface area contributed by atoms with Crippen LogP contribution in [-0.4, -0.2) is 17.0 Å². The second-order valence-corrected chi connectivity index (χ2v) is 5.42. The summed E-state index contributed by atoms with van der Waals surface area (Å²) < 4.78 is 0. The Morgan fingerprint density at radius 3 is 2.68 bits per heavy atom. The fourth-order valence-corrected chi connectivity index (χ4v) is 2.45. The molecule has 98 valence electrons. The van der Waals surface area contributed by atoms with Crippen LogP contribution in [0, 0.1) is 6.92 Å². The molecule has 1 heterocycles. The molecule has 0 saturated carbocycles. The first-order valence-electron chi connectivity index (χ1n) is 5.73. The number of benzene rings is 1. The number of thiophene rings is 1. The average molecular weight is 275 g/mol. The van der Waals surface area contributed by atoms with Crippen LogP contribution >= 0.6 is 11.3 Å². The maximum Gasteiger partial charge on any atom is 0.307 e. The van der Waals surface area contributed by atoms with Crippen molar-refractivity contribution in [3.63, 3.8) is 0 Å². The van der Waals surface area contributed by atoms with Gasteiger partial charge in [-0.25, -0.2) is 0 Å². The van der Waals surface area contributed by atoms with Gasteiger partial charge >= 0.3 is 5.97 Å². The molecule has 2 aromatic rings. The Labute approximate surface area is 114 Å². The number of aryl methyl sites for hydroxylation is 1. The minimum atomic E-state index is -0.891. The first kappa shape index (κ1) is 13.3. The molecule has 19 heavy (non-hydrogen) atoms. The molecule has 4 nitrogen and oxygen atoms in total. The smallest absolute Gasteiger partial charge is 0.307 e. The highest BCUT2D eigenvalue weighted by Gasteiger charge is 2.09. The van der Waals surface area contributed by atoms with Gasteiger partial charge in [-0.15, -0.1) is 11.3 Å². The summed E-state index contributed by atoms with van der Waals surface area (Å²) in [4.78, 5) is 24.3. The minimum Gasteiger partial charge on any atom is -0.481 e. The van der Waals surface area contributed by atoms with E-state index in [0.29, 0.717) is 16.1 Å². The van der Waals surface area contributed by atoms with E-state index in [2.05, 4.69) is 5.32 Å². The number of nitrogens with one attached hydrogen (secondary N) is 1. The zero-order valence-electron chi connectivity index (χ0n) is 10.3. The lowest BCUT2D eigenvalue weighted by Crippen LogP contribution is -2.10. The minimum absolute atomic E-state index is 0.0537. The lowest BCUT2D eigenvalue weighted by molar-refractivity contribution is -0.136. The van der Waals surface area contributed by atoms with E-state index >= 15 is 0 Å². The van der Waals surface area contributed by atoms with Gasteiger partial charge < -0.3 is 10.4 Å². The van der Waals surface area contributed by atoms with Crippen molar-refractivity contribution in [2.75, 3.05) is 5.32 Å². The van der Waals surface area contributed by atoms with Crippen LogP contribution in [0.3, 0.4) is 0 Å². The third-order valence-electron chi connectivity index (χ3n) is 2.50. The second kappa shape index (κ2) is 5.67. The van der Waals surface area contributed by atoms with E-state index in [0.717, 1.165) is 4.88 Å². The van der Waals surface area contributed by atoms with Crippen LogP contribution in [-0.2, 0) is 11.2 Å². The first-order chi connectivity index (χ1) is 9.04. The first-order valence-corrected chi connectivity index (χ1v) is 6.55. The molecule has 0 saturated heterocycles. The monoisotopic (exact) mass is 275 g/mol. The summed E-state index contributed by atoms with van der Waals surface area (Å²) in [7, 11) is 0. The number of rotatable bonds is 4. The van der Waals surface area contributed by atoms with Gasteiger partial charge in [0.25, 0.3) is 5.91 Å². The third-order valence-corrected chi connectivity index (χ3v) is 3.50. The quantitative estimate of drug-likeness (QED) is 0.901. The van der Waals surface area contributed by atoms with E-state index in [1.165, 1.54) is 11.3 Å². The summed E-state index contributed by atoms with van der Waals surface area (Å²) in [6.45, 7) is 1.94. The van der Waals surface area contributed by atoms with Crippen molar-refractivity contribution < 1.29 is 14.7 Å². The standard InChI is InChI=1S/C14H13NO3S/c1-9-5-6-12(19-9)14(18)15-11-4-2-3-10(7-11)8-13(16)17/h2-7H,8H2,1H3,(H,15,18)(H,16,17). The number of hydrogen-bond donors (Lipinski definition) is 2. The van der Waals surface area contributed by atoms with E-state index < -0.39 is 5.97 Å². The number of anilines is 1. The summed E-state index contributed by atoms with van der Waals surface area (Å²) in [6, 6.07) is 10.5. The highest BCUT2D eigenvalue weighted by molar-refractivity contribution is 7.14. The number of carboxylic acid groups (broad SMARTS) is 1. The maximum atomic E-state index is 11.9. The fraction of sp³-hybridized carbons (Fsp3) is 0.143. The number of carboxylic acids is 1. The van der Waals surface area contributed by atoms with Gasteiger partial charge in [0.1, 0.15) is 0 Å². The van der Waals surface area contributed by atoms with Gasteiger partial charge in [0.2, 0.25) is 0 Å². The molecule has 0 spiro atoms. The average Bonchev–Trinajstić information content (AvgIpc) is 2.75. The fourth-order valence-electron chi connectivity index (χ4n) is 1.68. The Morgan fingerprint density at radius 2 is 2.05 bits per heavy atom. The predicted octanol–water partition coefficient (Wildman–Crippen LogP) is 2.94. The van der Waals surface area contributed by atoms with Gasteiger partial charge in [-0.05, 0) is 36.8 Å². The van der Waals surface area contributed by atoms with Crippen molar-refractivity contribution in [1.29, 1.82) is 0 Å². The summed E-state index contributed by atoms with van der Waals surface area (Å²) in [6.07, 6.45) is -0.0537. The largest absolute Gasteiger partial charge is 0.481 e. The molecule has 0 fully saturated rings. The van der Waals surface area contributed by atoms with Crippen molar-refractivity contribution in [2.45, 2.75) is 13.3 Å². The molecule has 2 rings (SSSR count). The van der Waals surface area contributed by atoms with E-state index in [1.54, 1.807) is 30.3 Å². The highest BCUT2D eigenvalue weighted by Crippen LogP contribution is 2.18. The normalized spacial score (nSPS) is 10.2. The summed E-state index contributed by atoms with van der Waals surface area (Å²) in [5.41, 5.74) is 1.27. The molecule has 1 aromatic heterocycles. The Morgan fingerprint density at radius 1 is 1.26 bits per heavy atom. The Balaban J connectivity index is 2.10. The van der Waals surface area contributed by atoms with Gasteiger partial charge in [0, 0.05) is 10.6 Å². The molecule has 2 N–H and O–H groups in total. The lowest BCUT2D eigenvalue weighted by Gasteiger charge is -2.05. The Bertz CT molecular complexity index is 619. The van der Waals surface area contributed by atoms with Crippen molar-refractivity contribution in [3.8, 4) is 0 Å². The van der Waals surface area contributed by atoms with Gasteiger partial charge in [-0.1, -0.05) is 12.1 Å². The van der Waals surface area contributed by atoms with E-state index in [4.69, 9.17) is 5.11 Å². The number of hydrogen-bond acceptors (Lipinski definition) is 3. The molecular weight excluding hydrogens is 262 g/mol. The van der Waals surface area contributed by atoms with Gasteiger partial charge in [-0.2, -0.15) is 0 Å². The predicted molar refractivity (Wildman–Crippen MR) is 74.8 cm³/mol. The summed E-state index contributed by atoms with van der Waals surface area (Å²) >= 11 is 1.42. The molecule has 0 atom stereocenters. The molecule has 0 bridgehead atoms. The van der Waals surface area contributed by atoms with Crippen molar-refractivity contribution in [2.24, 2.45) is 0 Å². The van der Waals surface area contributed by atoms with Gasteiger partial charge in [-0.3, -0.25) is 9.59 Å². The number of carbonyl (C=O) groups excluding carboxylic acids is 1. The SMILES string of the molecule is Cc1ccc(C(=O)Nc2cccc(CC(=O)O)c2)s1. The van der Waals surface area contributed by atoms with Crippen LogP contribution < -0.4 is 5.32 Å². The van der Waals surface area contributed by atoms with E-state index in [9.17, 15) is 9.59 Å². The molecule has 1 amide bonds. The second-order valence-electron chi connectivity index (χ2n) is 4.14. The zero-order valence-corrected chi connectivity index (χ0v) is 11.2. The zero-order chi connectivity index (χ0) is 13.8. The topological polar surface area (TPSA) is 66.4 Å². The van der Waals surface area contributed by atoms with Gasteiger partial charge in [0.05, 0.1) is 11.3 Å². The Hall–Kier alpha value is -2.14. The van der Waals surface area contributed by atoms with Crippen LogP contribution in [0.25, 0.3) is 0 Å². The molecule has 0 unspecified atom stereocenters. The van der Waals surface area contributed by atoms with Crippen LogP contribution in [0.2, 0.25) is 0 Å². The van der Waals surface area contributed by atoms with E-state index in [1.807, 2.05) is 13.0 Å². The van der Waals surface area contributed by atoms with Crippen LogP contribution in [0.4, 0.5) is 5.69 Å². The lowest BCUT2D eigenvalue weighted by atomic mass is 10.1. The third kappa shape index (κ3) is 3.66. The van der Waals surface area contributed by atoms with Crippen LogP contribution in [0.15, 0.2) is 36.4 Å². The highest BCUT2D eigenvalue weighted by atomic mass is 32.1. The molecule has 0 aliphatic carbocycles. The molecule has 0 radical (unpaired) electrons. The number of carbonyl (C=O) groups is 2. The van der Waals surface area contributed by atoms with Crippen molar-refractivity contribution in [1.82, 2.24) is 0 Å². The number of amides is 1. The molecular formula is C14H13NO3S. The van der Waals surface area contributed by atoms with Crippen LogP contribution in [0.5, 0.6) is 0 Å². The summed E-state index contributed by atoms with van der Waals surface area (Å²) in [5.74, 6) is -1.07. The van der Waals surface area contributed by atoms with Crippen molar-refractivity contribution >= 4 is 28.9 Å². The molecule has 1 aromatic carbocycles. The Kier molecular flexibility index (Phi) is 3.97. The molecule has 5 heteroatoms. The summed E-state index contributed by atoms with van der Waals surface area (Å²) in [5, 5.41) is 11.5. The maximum absolute atomic E-state index is 11.9. The van der Waals surface area contributed by atoms with Gasteiger partial charge in [0.15, 0.2) is 0 Å². The van der Waals surface area contributed by atoms with Crippen molar-refractivity contribution in [3.05, 3.63) is 51.7 Å². The molecule has 0 aliphatic rings.